The molecule has 12 heteroatoms. The molecule has 226 valence electrons. The summed E-state index contributed by atoms with van der Waals surface area (Å²) in [7, 11) is 0. The van der Waals surface area contributed by atoms with E-state index in [1.165, 1.54) is 13.8 Å². The second-order valence-electron chi connectivity index (χ2n) is 10.5. The van der Waals surface area contributed by atoms with Crippen LogP contribution in [0.3, 0.4) is 0 Å². The lowest BCUT2D eigenvalue weighted by molar-refractivity contribution is -0.288. The molecule has 1 heterocycles. The van der Waals surface area contributed by atoms with E-state index in [9.17, 15) is 34.8 Å². The van der Waals surface area contributed by atoms with Gasteiger partial charge in [0, 0.05) is 5.56 Å². The van der Waals surface area contributed by atoms with Gasteiger partial charge in [0.15, 0.2) is 18.2 Å². The average Bonchev–Trinajstić information content (AvgIpc) is 2.97. The molecule has 7 atom stereocenters. The number of rotatable bonds is 15. The standard InChI is InChI=1S/C28H42O12/c1-6-28(5,7-2)39-16-27(4,26(35)37-14-20-21(30)22(31)23(32)25(34)40-20)15-38-24(33)17(3)36-13-19(29)18-11-9-8-10-12-18/h8-12,17,20-23,25,30-32,34H,6-7,13-16H2,1-5H3. The Hall–Kier alpha value is -2.45. The van der Waals surface area contributed by atoms with Gasteiger partial charge in [-0.3, -0.25) is 9.59 Å². The van der Waals surface area contributed by atoms with Gasteiger partial charge in [-0.1, -0.05) is 44.2 Å². The number of aliphatic hydroxyl groups excluding tert-OH is 4. The van der Waals surface area contributed by atoms with Gasteiger partial charge >= 0.3 is 11.9 Å². The molecule has 4 N–H and O–H groups in total. The van der Waals surface area contributed by atoms with Crippen molar-refractivity contribution in [3.8, 4) is 0 Å². The summed E-state index contributed by atoms with van der Waals surface area (Å²) in [5.41, 5.74) is -1.63. The van der Waals surface area contributed by atoms with Gasteiger partial charge in [-0.2, -0.15) is 0 Å². The molecule has 0 amide bonds. The number of aliphatic hydroxyl groups is 4. The number of hydrogen-bond donors (Lipinski definition) is 4. The number of benzene rings is 1. The SMILES string of the molecule is CCC(C)(CC)OCC(C)(COC(=O)C(C)OCC(=O)c1ccccc1)C(=O)OCC1OC(O)C(O)C(O)C1O. The van der Waals surface area contributed by atoms with Crippen LogP contribution in [0.15, 0.2) is 30.3 Å². The first-order valence-corrected chi connectivity index (χ1v) is 13.3. The van der Waals surface area contributed by atoms with Crippen molar-refractivity contribution < 1.29 is 58.5 Å². The zero-order valence-electron chi connectivity index (χ0n) is 23.6. The Labute approximate surface area is 234 Å². The lowest BCUT2D eigenvalue weighted by atomic mass is 9.91. The average molecular weight is 571 g/mol. The number of Topliss-reactive ketones (excluding diaryl/α,β-unsaturated/α-hetero) is 1. The Morgan fingerprint density at radius 3 is 2.15 bits per heavy atom. The van der Waals surface area contributed by atoms with Crippen LogP contribution in [0.1, 0.15) is 57.8 Å². The normalized spacial score (nSPS) is 25.5. The highest BCUT2D eigenvalue weighted by Gasteiger charge is 2.45. The van der Waals surface area contributed by atoms with Crippen molar-refractivity contribution in [3.05, 3.63) is 35.9 Å². The summed E-state index contributed by atoms with van der Waals surface area (Å²) < 4.78 is 27.2. The largest absolute Gasteiger partial charge is 0.462 e. The van der Waals surface area contributed by atoms with Crippen molar-refractivity contribution in [2.45, 2.75) is 89.9 Å². The summed E-state index contributed by atoms with van der Waals surface area (Å²) in [6, 6.07) is 8.46. The third-order valence-electron chi connectivity index (χ3n) is 7.22. The zero-order valence-corrected chi connectivity index (χ0v) is 23.6. The molecule has 0 aromatic heterocycles. The molecule has 1 aliphatic heterocycles. The topological polar surface area (TPSA) is 178 Å². The number of carbonyl (C=O) groups excluding carboxylic acids is 3. The highest BCUT2D eigenvalue weighted by molar-refractivity contribution is 5.97. The van der Waals surface area contributed by atoms with E-state index in [-0.39, 0.29) is 19.0 Å². The summed E-state index contributed by atoms with van der Waals surface area (Å²) in [5, 5.41) is 39.4. The summed E-state index contributed by atoms with van der Waals surface area (Å²) in [6.45, 7) is 7.10. The maximum Gasteiger partial charge on any atom is 0.335 e. The maximum atomic E-state index is 13.2. The Morgan fingerprint density at radius 2 is 1.55 bits per heavy atom. The zero-order chi connectivity index (χ0) is 30.1. The maximum absolute atomic E-state index is 13.2. The minimum absolute atomic E-state index is 0.183. The minimum atomic E-state index is -1.79. The molecule has 0 bridgehead atoms. The van der Waals surface area contributed by atoms with Crippen LogP contribution in [-0.4, -0.2) is 107 Å². The van der Waals surface area contributed by atoms with Crippen LogP contribution in [0, 0.1) is 5.41 Å². The fourth-order valence-corrected chi connectivity index (χ4v) is 3.67. The molecule has 12 nitrogen and oxygen atoms in total. The fraction of sp³-hybridized carbons (Fsp3) is 0.679. The van der Waals surface area contributed by atoms with Gasteiger partial charge in [0.05, 0.1) is 12.2 Å². The number of ketones is 1. The molecule has 1 aromatic rings. The lowest BCUT2D eigenvalue weighted by Crippen LogP contribution is -2.59. The van der Waals surface area contributed by atoms with Crippen LogP contribution in [0.4, 0.5) is 0 Å². The van der Waals surface area contributed by atoms with Gasteiger partial charge in [-0.25, -0.2) is 4.79 Å². The second kappa shape index (κ2) is 15.0. The highest BCUT2D eigenvalue weighted by Crippen LogP contribution is 2.28. The van der Waals surface area contributed by atoms with E-state index in [2.05, 4.69) is 0 Å². The molecular formula is C28H42O12. The quantitative estimate of drug-likeness (QED) is 0.172. The predicted molar refractivity (Wildman–Crippen MR) is 140 cm³/mol. The van der Waals surface area contributed by atoms with Crippen molar-refractivity contribution in [2.24, 2.45) is 5.41 Å². The van der Waals surface area contributed by atoms with E-state index in [0.717, 1.165) is 0 Å². The Bertz CT molecular complexity index is 965. The van der Waals surface area contributed by atoms with Crippen molar-refractivity contribution in [2.75, 3.05) is 26.4 Å². The van der Waals surface area contributed by atoms with E-state index in [4.69, 9.17) is 23.7 Å². The third-order valence-corrected chi connectivity index (χ3v) is 7.22. The highest BCUT2D eigenvalue weighted by atomic mass is 16.7. The molecule has 1 aromatic carbocycles. The second-order valence-corrected chi connectivity index (χ2v) is 10.5. The van der Waals surface area contributed by atoms with E-state index in [0.29, 0.717) is 18.4 Å². The Kier molecular flexibility index (Phi) is 12.6. The van der Waals surface area contributed by atoms with Crippen molar-refractivity contribution in [3.63, 3.8) is 0 Å². The molecule has 1 saturated heterocycles. The Morgan fingerprint density at radius 1 is 0.925 bits per heavy atom. The van der Waals surface area contributed by atoms with Gasteiger partial charge in [-0.05, 0) is 33.6 Å². The lowest BCUT2D eigenvalue weighted by Gasteiger charge is -2.38. The van der Waals surface area contributed by atoms with Crippen molar-refractivity contribution in [1.29, 1.82) is 0 Å². The third kappa shape index (κ3) is 9.03. The first-order valence-electron chi connectivity index (χ1n) is 13.3. The monoisotopic (exact) mass is 570 g/mol. The molecule has 40 heavy (non-hydrogen) atoms. The number of hydrogen-bond acceptors (Lipinski definition) is 12. The van der Waals surface area contributed by atoms with E-state index in [1.807, 2.05) is 20.8 Å². The van der Waals surface area contributed by atoms with Crippen LogP contribution >= 0.6 is 0 Å². The van der Waals surface area contributed by atoms with Crippen molar-refractivity contribution in [1.82, 2.24) is 0 Å². The predicted octanol–water partition coefficient (Wildman–Crippen LogP) is 0.762. The molecule has 2 rings (SSSR count). The van der Waals surface area contributed by atoms with Crippen LogP contribution in [0.5, 0.6) is 0 Å². The first-order chi connectivity index (χ1) is 18.8. The van der Waals surface area contributed by atoms with Gasteiger partial charge in [0.2, 0.25) is 0 Å². The number of ether oxygens (including phenoxy) is 5. The molecule has 1 fully saturated rings. The molecule has 0 radical (unpaired) electrons. The van der Waals surface area contributed by atoms with E-state index < -0.39 is 73.0 Å². The van der Waals surface area contributed by atoms with Crippen LogP contribution in [0.25, 0.3) is 0 Å². The molecule has 0 saturated carbocycles. The number of carbonyl (C=O) groups is 3. The van der Waals surface area contributed by atoms with Gasteiger partial charge in [0.1, 0.15) is 49.7 Å². The van der Waals surface area contributed by atoms with Gasteiger partial charge in [-0.15, -0.1) is 0 Å². The van der Waals surface area contributed by atoms with Crippen molar-refractivity contribution >= 4 is 17.7 Å². The minimum Gasteiger partial charge on any atom is -0.462 e. The smallest absolute Gasteiger partial charge is 0.335 e. The van der Waals surface area contributed by atoms with E-state index in [1.54, 1.807) is 30.3 Å². The van der Waals surface area contributed by atoms with Crippen LogP contribution in [-0.2, 0) is 33.3 Å². The molecule has 0 spiro atoms. The molecule has 7 unspecified atom stereocenters. The molecule has 1 aliphatic rings. The molecular weight excluding hydrogens is 528 g/mol. The Balaban J connectivity index is 2.03. The summed E-state index contributed by atoms with van der Waals surface area (Å²) in [6.07, 6.45) is -8.00. The van der Waals surface area contributed by atoms with Crippen LogP contribution < -0.4 is 0 Å². The van der Waals surface area contributed by atoms with E-state index >= 15 is 0 Å². The fourth-order valence-electron chi connectivity index (χ4n) is 3.67. The first kappa shape index (κ1) is 33.8. The summed E-state index contributed by atoms with van der Waals surface area (Å²) in [5.74, 6) is -1.97. The van der Waals surface area contributed by atoms with Gasteiger partial charge < -0.3 is 44.1 Å². The molecule has 0 aliphatic carbocycles. The summed E-state index contributed by atoms with van der Waals surface area (Å²) >= 11 is 0. The summed E-state index contributed by atoms with van der Waals surface area (Å²) in [4.78, 5) is 38.1. The number of esters is 2. The van der Waals surface area contributed by atoms with Crippen LogP contribution in [0.2, 0.25) is 0 Å². The van der Waals surface area contributed by atoms with Gasteiger partial charge in [0.25, 0.3) is 0 Å².